The van der Waals surface area contributed by atoms with E-state index in [-0.39, 0.29) is 11.5 Å². The minimum atomic E-state index is -0.455. The van der Waals surface area contributed by atoms with Crippen LogP contribution in [-0.2, 0) is 6.42 Å². The highest BCUT2D eigenvalue weighted by Crippen LogP contribution is 2.21. The Morgan fingerprint density at radius 1 is 1.22 bits per heavy atom. The Kier molecular flexibility index (Phi) is 5.47. The van der Waals surface area contributed by atoms with Crippen molar-refractivity contribution in [3.8, 4) is 11.8 Å². The van der Waals surface area contributed by atoms with E-state index in [0.29, 0.717) is 36.5 Å². The molecule has 1 aromatic heterocycles. The fourth-order valence-electron chi connectivity index (χ4n) is 2.73. The first-order valence-electron chi connectivity index (χ1n) is 8.47. The summed E-state index contributed by atoms with van der Waals surface area (Å²) >= 11 is 0. The van der Waals surface area contributed by atoms with Gasteiger partial charge in [-0.05, 0) is 43.2 Å². The van der Waals surface area contributed by atoms with Crippen molar-refractivity contribution in [2.75, 3.05) is 12.3 Å². The molecular weight excluding hydrogens is 345 g/mol. The lowest BCUT2D eigenvalue weighted by Gasteiger charge is -2.05. The van der Waals surface area contributed by atoms with Gasteiger partial charge in [0.25, 0.3) is 5.91 Å². The molecule has 0 aliphatic carbocycles. The third-order valence-corrected chi connectivity index (χ3v) is 4.07. The average molecular weight is 363 g/mol. The van der Waals surface area contributed by atoms with Gasteiger partial charge in [-0.15, -0.1) is 0 Å². The average Bonchev–Trinajstić information content (AvgIpc) is 3.01. The molecule has 0 saturated carbocycles. The van der Waals surface area contributed by atoms with E-state index in [9.17, 15) is 14.4 Å². The molecule has 1 amide bonds. The summed E-state index contributed by atoms with van der Waals surface area (Å²) in [5.41, 5.74) is 8.03. The molecule has 3 N–H and O–H groups in total. The van der Waals surface area contributed by atoms with Crippen molar-refractivity contribution in [3.63, 3.8) is 0 Å². The van der Waals surface area contributed by atoms with E-state index < -0.39 is 5.82 Å². The summed E-state index contributed by atoms with van der Waals surface area (Å²) in [5.74, 6) is -0.505. The van der Waals surface area contributed by atoms with Gasteiger partial charge < -0.3 is 11.1 Å². The molecule has 0 bridgehead atoms. The molecule has 27 heavy (non-hydrogen) atoms. The van der Waals surface area contributed by atoms with Crippen molar-refractivity contribution < 1.29 is 9.18 Å². The molecule has 136 valence electrons. The molecule has 0 aliphatic rings. The molecule has 2 aromatic carbocycles. The molecule has 0 unspecified atom stereocenters. The Hall–Kier alpha value is -3.66. The Labute approximate surface area is 156 Å². The van der Waals surface area contributed by atoms with E-state index in [1.54, 1.807) is 10.7 Å². The number of nitrogens with zero attached hydrogens (tertiary/aromatic N) is 3. The van der Waals surface area contributed by atoms with E-state index in [4.69, 9.17) is 5.73 Å². The van der Waals surface area contributed by atoms with Crippen LogP contribution in [0.25, 0.3) is 5.69 Å². The highest BCUT2D eigenvalue weighted by Gasteiger charge is 2.16. The number of nitriles is 1. The van der Waals surface area contributed by atoms with Gasteiger partial charge in [0.1, 0.15) is 23.3 Å². The van der Waals surface area contributed by atoms with Crippen molar-refractivity contribution in [3.05, 3.63) is 77.2 Å². The zero-order valence-corrected chi connectivity index (χ0v) is 14.5. The predicted octanol–water partition coefficient (Wildman–Crippen LogP) is 2.83. The van der Waals surface area contributed by atoms with Crippen LogP contribution in [0.15, 0.2) is 54.6 Å². The number of rotatable bonds is 6. The monoisotopic (exact) mass is 363 g/mol. The number of anilines is 1. The van der Waals surface area contributed by atoms with Crippen LogP contribution in [0.1, 0.15) is 28.0 Å². The topological polar surface area (TPSA) is 96.7 Å². The number of carbonyl (C=O) groups is 1. The summed E-state index contributed by atoms with van der Waals surface area (Å²) in [6.07, 6.45) is 1.05. The minimum Gasteiger partial charge on any atom is -0.382 e. The number of carbonyl (C=O) groups excluding carboxylic acids is 1. The lowest BCUT2D eigenvalue weighted by atomic mass is 10.1. The van der Waals surface area contributed by atoms with Crippen LogP contribution in [0.3, 0.4) is 0 Å². The van der Waals surface area contributed by atoms with Crippen molar-refractivity contribution >= 4 is 11.7 Å². The summed E-state index contributed by atoms with van der Waals surface area (Å²) in [6.45, 7) is 0.373. The van der Waals surface area contributed by atoms with Gasteiger partial charge in [0.15, 0.2) is 0 Å². The molecule has 0 radical (unpaired) electrons. The second-order valence-electron chi connectivity index (χ2n) is 5.94. The highest BCUT2D eigenvalue weighted by atomic mass is 19.1. The third-order valence-electron chi connectivity index (χ3n) is 4.07. The Bertz CT molecular complexity index is 991. The molecule has 0 atom stereocenters. The van der Waals surface area contributed by atoms with Gasteiger partial charge in [0.05, 0.1) is 11.4 Å². The molecule has 0 spiro atoms. The van der Waals surface area contributed by atoms with E-state index in [1.165, 1.54) is 18.2 Å². The minimum absolute atomic E-state index is 0.269. The lowest BCUT2D eigenvalue weighted by molar-refractivity contribution is 0.0952. The maximum atomic E-state index is 13.2. The Balaban J connectivity index is 1.63. The van der Waals surface area contributed by atoms with Crippen molar-refractivity contribution in [1.29, 1.82) is 5.26 Å². The number of amides is 1. The second-order valence-corrected chi connectivity index (χ2v) is 5.94. The van der Waals surface area contributed by atoms with Crippen LogP contribution in [0, 0.1) is 17.1 Å². The number of para-hydroxylation sites is 1. The quantitative estimate of drug-likeness (QED) is 0.658. The second kappa shape index (κ2) is 8.15. The van der Waals surface area contributed by atoms with Crippen LogP contribution in [0.2, 0.25) is 0 Å². The lowest BCUT2D eigenvalue weighted by Crippen LogP contribution is -2.24. The van der Waals surface area contributed by atoms with Crippen LogP contribution in [0.5, 0.6) is 0 Å². The molecule has 6 nitrogen and oxygen atoms in total. The first-order chi connectivity index (χ1) is 13.1. The van der Waals surface area contributed by atoms with Crippen LogP contribution in [-0.4, -0.2) is 22.2 Å². The van der Waals surface area contributed by atoms with E-state index in [1.807, 2.05) is 30.3 Å². The number of halogens is 1. The summed E-state index contributed by atoms with van der Waals surface area (Å²) in [5, 5.41) is 16.6. The SMILES string of the molecule is N#Cc1c(CCCNC(=O)c2cccc(F)c2)nn(-c2ccccc2)c1N. The first kappa shape index (κ1) is 18.1. The third kappa shape index (κ3) is 4.12. The van der Waals surface area contributed by atoms with Gasteiger partial charge in [-0.2, -0.15) is 10.4 Å². The zero-order chi connectivity index (χ0) is 19.2. The summed E-state index contributed by atoms with van der Waals surface area (Å²) < 4.78 is 14.7. The fraction of sp³-hybridized carbons (Fsp3) is 0.150. The summed E-state index contributed by atoms with van der Waals surface area (Å²) in [7, 11) is 0. The molecular formula is C20H18FN5O. The number of nitrogens with two attached hydrogens (primary N) is 1. The number of hydrogen-bond acceptors (Lipinski definition) is 4. The smallest absolute Gasteiger partial charge is 0.251 e. The highest BCUT2D eigenvalue weighted by molar-refractivity contribution is 5.94. The van der Waals surface area contributed by atoms with Gasteiger partial charge in [-0.25, -0.2) is 9.07 Å². The zero-order valence-electron chi connectivity index (χ0n) is 14.5. The van der Waals surface area contributed by atoms with E-state index in [0.717, 1.165) is 5.69 Å². The number of aryl methyl sites for hydroxylation is 1. The van der Waals surface area contributed by atoms with Crippen molar-refractivity contribution in [1.82, 2.24) is 15.1 Å². The number of benzene rings is 2. The van der Waals surface area contributed by atoms with Gasteiger partial charge in [0.2, 0.25) is 0 Å². The van der Waals surface area contributed by atoms with Crippen LogP contribution in [0.4, 0.5) is 10.2 Å². The van der Waals surface area contributed by atoms with Gasteiger partial charge in [0, 0.05) is 12.1 Å². The fourth-order valence-corrected chi connectivity index (χ4v) is 2.73. The maximum absolute atomic E-state index is 13.2. The van der Waals surface area contributed by atoms with Gasteiger partial charge in [-0.3, -0.25) is 4.79 Å². The molecule has 7 heteroatoms. The first-order valence-corrected chi connectivity index (χ1v) is 8.47. The van der Waals surface area contributed by atoms with Crippen molar-refractivity contribution in [2.24, 2.45) is 0 Å². The Morgan fingerprint density at radius 2 is 2.00 bits per heavy atom. The number of hydrogen-bond donors (Lipinski definition) is 2. The molecule has 3 aromatic rings. The molecule has 0 aliphatic heterocycles. The molecule has 0 saturated heterocycles. The summed E-state index contributed by atoms with van der Waals surface area (Å²) in [6, 6.07) is 16.9. The number of aromatic nitrogens is 2. The van der Waals surface area contributed by atoms with Gasteiger partial charge >= 0.3 is 0 Å². The van der Waals surface area contributed by atoms with Crippen LogP contribution < -0.4 is 11.1 Å². The normalized spacial score (nSPS) is 10.4. The largest absolute Gasteiger partial charge is 0.382 e. The number of nitrogens with one attached hydrogen (secondary N) is 1. The number of nitrogen functional groups attached to an aromatic ring is 1. The van der Waals surface area contributed by atoms with Crippen molar-refractivity contribution in [2.45, 2.75) is 12.8 Å². The van der Waals surface area contributed by atoms with E-state index in [2.05, 4.69) is 16.5 Å². The molecule has 3 rings (SSSR count). The van der Waals surface area contributed by atoms with E-state index >= 15 is 0 Å². The van der Waals surface area contributed by atoms with Gasteiger partial charge in [-0.1, -0.05) is 24.3 Å². The standard InChI is InChI=1S/C20H18FN5O/c21-15-7-4-6-14(12-15)20(27)24-11-5-10-18-17(13-22)19(23)26(25-18)16-8-2-1-3-9-16/h1-4,6-9,12H,5,10-11,23H2,(H,24,27). The predicted molar refractivity (Wildman–Crippen MR) is 99.7 cm³/mol. The molecule has 1 heterocycles. The summed E-state index contributed by atoms with van der Waals surface area (Å²) in [4.78, 5) is 12.0. The molecule has 0 fully saturated rings. The van der Waals surface area contributed by atoms with Crippen LogP contribution >= 0.6 is 0 Å². The maximum Gasteiger partial charge on any atom is 0.251 e. The Morgan fingerprint density at radius 3 is 2.70 bits per heavy atom.